The van der Waals surface area contributed by atoms with Crippen molar-refractivity contribution < 1.29 is 28.2 Å². The number of ether oxygens (including phenoxy) is 2. The van der Waals surface area contributed by atoms with Crippen LogP contribution in [0.4, 0.5) is 14.6 Å². The monoisotopic (exact) mass is 725 g/mol. The SMILES string of the molecule is C#Cc1c(F)ccc2cc(O)cc(C3=Cc4nc(OC[C@]5(C)C[C@@H](F)CN5CC5CCOCC5)nc(NCC5(CNC(=O)C=C)CCCC5)c4CC3)c12. The molecule has 0 bridgehead atoms. The molecule has 0 radical (unpaired) electrons. The van der Waals surface area contributed by atoms with Crippen LogP contribution in [0.1, 0.15) is 80.7 Å². The van der Waals surface area contributed by atoms with E-state index in [0.717, 1.165) is 69.4 Å². The molecule has 1 saturated carbocycles. The highest BCUT2D eigenvalue weighted by molar-refractivity contribution is 6.02. The number of hydrogen-bond donors (Lipinski definition) is 3. The fourth-order valence-corrected chi connectivity index (χ4v) is 8.78. The molecule has 53 heavy (non-hydrogen) atoms. The average molecular weight is 726 g/mol. The number of aromatic hydroxyl groups is 1. The molecule has 7 rings (SSSR count). The average Bonchev–Trinajstić information content (AvgIpc) is 3.75. The number of aromatic nitrogens is 2. The zero-order valence-corrected chi connectivity index (χ0v) is 30.5. The molecule has 2 aromatic carbocycles. The number of phenols is 1. The summed E-state index contributed by atoms with van der Waals surface area (Å²) in [4.78, 5) is 24.2. The van der Waals surface area contributed by atoms with Gasteiger partial charge in [0.25, 0.3) is 0 Å². The number of allylic oxidation sites excluding steroid dienone is 1. The molecule has 2 aliphatic heterocycles. The van der Waals surface area contributed by atoms with Crippen molar-refractivity contribution in [2.45, 2.75) is 76.4 Å². The summed E-state index contributed by atoms with van der Waals surface area (Å²) in [6.45, 7) is 9.60. The lowest BCUT2D eigenvalue weighted by Gasteiger charge is -2.37. The van der Waals surface area contributed by atoms with Gasteiger partial charge in [0, 0.05) is 62.2 Å². The maximum absolute atomic E-state index is 15.0. The van der Waals surface area contributed by atoms with E-state index < -0.39 is 17.5 Å². The van der Waals surface area contributed by atoms with Gasteiger partial charge in [-0.1, -0.05) is 31.4 Å². The van der Waals surface area contributed by atoms with E-state index in [9.17, 15) is 14.3 Å². The smallest absolute Gasteiger partial charge is 0.318 e. The number of halogens is 2. The normalized spacial score (nSPS) is 22.9. The number of nitrogens with zero attached hydrogens (tertiary/aromatic N) is 3. The fourth-order valence-electron chi connectivity index (χ4n) is 8.78. The first-order valence-corrected chi connectivity index (χ1v) is 18.9. The highest BCUT2D eigenvalue weighted by Gasteiger charge is 2.44. The van der Waals surface area contributed by atoms with Crippen LogP contribution < -0.4 is 15.4 Å². The molecule has 280 valence electrons. The number of phenolic OH excluding ortho intramolecular Hbond substituents is 1. The minimum Gasteiger partial charge on any atom is -0.508 e. The van der Waals surface area contributed by atoms with Crippen molar-refractivity contribution in [3.05, 3.63) is 65.1 Å². The Bertz CT molecular complexity index is 1950. The Labute approximate surface area is 310 Å². The molecule has 3 fully saturated rings. The first-order chi connectivity index (χ1) is 25.6. The number of anilines is 1. The molecule has 3 N–H and O–H groups in total. The van der Waals surface area contributed by atoms with E-state index in [-0.39, 0.29) is 35.3 Å². The first-order valence-electron chi connectivity index (χ1n) is 18.9. The summed E-state index contributed by atoms with van der Waals surface area (Å²) in [5, 5.41) is 18.5. The van der Waals surface area contributed by atoms with Crippen LogP contribution in [0, 0.1) is 29.5 Å². The minimum atomic E-state index is -0.949. The van der Waals surface area contributed by atoms with Crippen LogP contribution >= 0.6 is 0 Å². The van der Waals surface area contributed by atoms with Gasteiger partial charge in [-0.15, -0.1) is 6.42 Å². The van der Waals surface area contributed by atoms with Crippen LogP contribution in [-0.2, 0) is 16.0 Å². The molecule has 0 unspecified atom stereocenters. The molecule has 9 nitrogen and oxygen atoms in total. The second-order valence-corrected chi connectivity index (χ2v) is 15.6. The van der Waals surface area contributed by atoms with Crippen molar-refractivity contribution in [1.29, 1.82) is 0 Å². The molecule has 3 aromatic rings. The number of fused-ring (bicyclic) bond motifs is 2. The fraction of sp³-hybridized carbons (Fsp3) is 0.500. The third kappa shape index (κ3) is 7.90. The standard InChI is InChI=1S/C42H49F2N5O4/c1-4-32-35(44)11-9-29-18-31(50)20-34(38(29)32)28-8-10-33-36(19-28)47-40(48-39(33)46-25-42(14-6-7-15-42)24-45-37(51)5-2)53-26-41(3)21-30(43)23-49(41)22-27-12-16-52-17-13-27/h1,5,9,11,18-20,27,30,50H,2,6-8,10,12-17,21-26H2,3H3,(H,45,51)(H,46,47,48)/t30-,41+/m1/s1. The molecule has 1 aromatic heterocycles. The summed E-state index contributed by atoms with van der Waals surface area (Å²) in [7, 11) is 0. The Morgan fingerprint density at radius 1 is 1.21 bits per heavy atom. The van der Waals surface area contributed by atoms with Crippen molar-refractivity contribution in [1.82, 2.24) is 20.2 Å². The second kappa shape index (κ2) is 15.4. The predicted molar refractivity (Wildman–Crippen MR) is 203 cm³/mol. The number of carbonyl (C=O) groups excluding carboxylic acids is 1. The van der Waals surface area contributed by atoms with Gasteiger partial charge in [-0.25, -0.2) is 8.78 Å². The van der Waals surface area contributed by atoms with Crippen LogP contribution in [0.5, 0.6) is 11.8 Å². The number of alkyl halides is 1. The van der Waals surface area contributed by atoms with Crippen LogP contribution in [0.2, 0.25) is 0 Å². The number of amides is 1. The number of benzene rings is 2. The third-order valence-electron chi connectivity index (χ3n) is 11.8. The van der Waals surface area contributed by atoms with Gasteiger partial charge in [0.2, 0.25) is 5.91 Å². The van der Waals surface area contributed by atoms with E-state index in [1.54, 1.807) is 18.2 Å². The lowest BCUT2D eigenvalue weighted by atomic mass is 9.85. The predicted octanol–water partition coefficient (Wildman–Crippen LogP) is 6.83. The second-order valence-electron chi connectivity index (χ2n) is 15.6. The molecule has 2 saturated heterocycles. The van der Waals surface area contributed by atoms with Crippen LogP contribution in [0.25, 0.3) is 22.4 Å². The van der Waals surface area contributed by atoms with Crippen LogP contribution in [0.15, 0.2) is 36.9 Å². The Morgan fingerprint density at radius 2 is 2.00 bits per heavy atom. The molecule has 2 atom stereocenters. The summed E-state index contributed by atoms with van der Waals surface area (Å²) in [6.07, 6.45) is 15.6. The Hall–Kier alpha value is -4.53. The number of likely N-dealkylation sites (tertiary alicyclic amines) is 1. The van der Waals surface area contributed by atoms with Gasteiger partial charge in [-0.3, -0.25) is 9.69 Å². The van der Waals surface area contributed by atoms with Crippen molar-refractivity contribution in [2.24, 2.45) is 11.3 Å². The highest BCUT2D eigenvalue weighted by Crippen LogP contribution is 2.42. The number of hydrogen-bond acceptors (Lipinski definition) is 8. The van der Waals surface area contributed by atoms with Crippen molar-refractivity contribution in [3.63, 3.8) is 0 Å². The minimum absolute atomic E-state index is 0.0505. The van der Waals surface area contributed by atoms with Gasteiger partial charge >= 0.3 is 6.01 Å². The molecule has 0 spiro atoms. The van der Waals surface area contributed by atoms with E-state index in [0.29, 0.717) is 72.7 Å². The zero-order valence-electron chi connectivity index (χ0n) is 30.5. The molecule has 1 amide bonds. The maximum atomic E-state index is 15.0. The molecule has 11 heteroatoms. The summed E-state index contributed by atoms with van der Waals surface area (Å²) < 4.78 is 42.0. The van der Waals surface area contributed by atoms with Crippen molar-refractivity contribution >= 4 is 34.1 Å². The van der Waals surface area contributed by atoms with E-state index in [2.05, 4.69) is 35.0 Å². The van der Waals surface area contributed by atoms with Gasteiger partial charge in [0.15, 0.2) is 0 Å². The van der Waals surface area contributed by atoms with Crippen molar-refractivity contribution in [3.8, 4) is 24.1 Å². The summed E-state index contributed by atoms with van der Waals surface area (Å²) in [5.41, 5.74) is 2.50. The van der Waals surface area contributed by atoms with Gasteiger partial charge in [-0.05, 0) is 98.2 Å². The maximum Gasteiger partial charge on any atom is 0.318 e. The van der Waals surface area contributed by atoms with Gasteiger partial charge in [0.05, 0.1) is 16.8 Å². The Morgan fingerprint density at radius 3 is 2.75 bits per heavy atom. The van der Waals surface area contributed by atoms with Gasteiger partial charge in [-0.2, -0.15) is 9.97 Å². The summed E-state index contributed by atoms with van der Waals surface area (Å²) in [5.74, 6) is 2.97. The molecule has 3 heterocycles. The van der Waals surface area contributed by atoms with E-state index in [1.807, 2.05) is 6.08 Å². The lowest BCUT2D eigenvalue weighted by Crippen LogP contribution is -2.48. The quantitative estimate of drug-likeness (QED) is 0.138. The molecular formula is C42H49F2N5O4. The topological polar surface area (TPSA) is 109 Å². The zero-order chi connectivity index (χ0) is 37.2. The molecule has 4 aliphatic rings. The number of terminal acetylenes is 1. The molecular weight excluding hydrogens is 676 g/mol. The first kappa shape index (κ1) is 36.8. The number of nitrogens with one attached hydrogen (secondary N) is 2. The van der Waals surface area contributed by atoms with Crippen LogP contribution in [-0.4, -0.2) is 83.6 Å². The number of rotatable bonds is 12. The largest absolute Gasteiger partial charge is 0.508 e. The van der Waals surface area contributed by atoms with Crippen LogP contribution in [0.3, 0.4) is 0 Å². The summed E-state index contributed by atoms with van der Waals surface area (Å²) in [6, 6.07) is 6.32. The summed E-state index contributed by atoms with van der Waals surface area (Å²) >= 11 is 0. The number of carbonyl (C=O) groups is 1. The Balaban J connectivity index is 1.23. The van der Waals surface area contributed by atoms with Gasteiger partial charge < -0.3 is 25.2 Å². The Kier molecular flexibility index (Phi) is 10.7. The third-order valence-corrected chi connectivity index (χ3v) is 11.8. The van der Waals surface area contributed by atoms with Crippen molar-refractivity contribution in [2.75, 3.05) is 51.3 Å². The molecule has 2 aliphatic carbocycles. The lowest BCUT2D eigenvalue weighted by molar-refractivity contribution is -0.116. The van der Waals surface area contributed by atoms with E-state index in [4.69, 9.17) is 25.9 Å². The highest BCUT2D eigenvalue weighted by atomic mass is 19.1. The van der Waals surface area contributed by atoms with E-state index in [1.165, 1.54) is 12.1 Å². The van der Waals surface area contributed by atoms with E-state index >= 15 is 4.39 Å². The van der Waals surface area contributed by atoms with Gasteiger partial charge in [0.1, 0.15) is 30.2 Å².